The number of methoxy groups -OCH3 is 1. The van der Waals surface area contributed by atoms with E-state index in [2.05, 4.69) is 5.32 Å². The molecule has 3 aromatic rings. The number of furan rings is 1. The van der Waals surface area contributed by atoms with Gasteiger partial charge >= 0.3 is 0 Å². The van der Waals surface area contributed by atoms with Gasteiger partial charge in [-0.2, -0.15) is 0 Å². The summed E-state index contributed by atoms with van der Waals surface area (Å²) in [6, 6.07) is 15.5. The molecule has 4 nitrogen and oxygen atoms in total. The summed E-state index contributed by atoms with van der Waals surface area (Å²) in [4.78, 5) is 12.3. The van der Waals surface area contributed by atoms with E-state index in [0.717, 1.165) is 27.8 Å². The van der Waals surface area contributed by atoms with Crippen LogP contribution < -0.4 is 10.1 Å². The number of amides is 1. The highest BCUT2D eigenvalue weighted by molar-refractivity contribution is 5.88. The monoisotopic (exact) mass is 309 g/mol. The predicted molar refractivity (Wildman–Crippen MR) is 89.5 cm³/mol. The molecule has 0 aliphatic heterocycles. The molecule has 0 aliphatic carbocycles. The summed E-state index contributed by atoms with van der Waals surface area (Å²) in [7, 11) is 1.61. The van der Waals surface area contributed by atoms with Crippen LogP contribution >= 0.6 is 0 Å². The van der Waals surface area contributed by atoms with Crippen LogP contribution in [0.3, 0.4) is 0 Å². The Morgan fingerprint density at radius 1 is 1.22 bits per heavy atom. The summed E-state index contributed by atoms with van der Waals surface area (Å²) in [5.41, 5.74) is 2.69. The second-order valence-corrected chi connectivity index (χ2v) is 5.50. The molecule has 0 fully saturated rings. The lowest BCUT2D eigenvalue weighted by molar-refractivity contribution is -0.121. The molecule has 23 heavy (non-hydrogen) atoms. The van der Waals surface area contributed by atoms with Gasteiger partial charge in [-0.05, 0) is 24.6 Å². The lowest BCUT2D eigenvalue weighted by Gasteiger charge is -2.14. The van der Waals surface area contributed by atoms with E-state index in [-0.39, 0.29) is 18.4 Å². The molecule has 0 spiro atoms. The highest BCUT2D eigenvalue weighted by Crippen LogP contribution is 2.26. The molecule has 0 bridgehead atoms. The van der Waals surface area contributed by atoms with Crippen LogP contribution in [-0.2, 0) is 11.2 Å². The zero-order valence-electron chi connectivity index (χ0n) is 13.2. The Morgan fingerprint density at radius 3 is 2.74 bits per heavy atom. The SMILES string of the molecule is COc1ccc2c(CC(=O)N[C@@H](C)c3ccccc3)coc2c1. The number of carbonyl (C=O) groups is 1. The second kappa shape index (κ2) is 6.57. The molecule has 1 heterocycles. The largest absolute Gasteiger partial charge is 0.497 e. The summed E-state index contributed by atoms with van der Waals surface area (Å²) >= 11 is 0. The van der Waals surface area contributed by atoms with Crippen LogP contribution in [0.2, 0.25) is 0 Å². The Labute approximate surface area is 135 Å². The zero-order chi connectivity index (χ0) is 16.2. The molecule has 0 saturated heterocycles. The van der Waals surface area contributed by atoms with Gasteiger partial charge in [-0.1, -0.05) is 30.3 Å². The summed E-state index contributed by atoms with van der Waals surface area (Å²) in [6.45, 7) is 1.98. The first-order valence-electron chi connectivity index (χ1n) is 7.56. The average Bonchev–Trinajstić information content (AvgIpc) is 2.97. The molecule has 118 valence electrons. The molecule has 0 radical (unpaired) electrons. The highest BCUT2D eigenvalue weighted by Gasteiger charge is 2.13. The maximum absolute atomic E-state index is 12.3. The van der Waals surface area contributed by atoms with Crippen molar-refractivity contribution in [2.24, 2.45) is 0 Å². The summed E-state index contributed by atoms with van der Waals surface area (Å²) < 4.78 is 10.7. The standard InChI is InChI=1S/C19H19NO3/c1-13(14-6-4-3-5-7-14)20-19(21)10-15-12-23-18-11-16(22-2)8-9-17(15)18/h3-9,11-13H,10H2,1-2H3,(H,20,21)/t13-/m0/s1. The molecule has 0 unspecified atom stereocenters. The van der Waals surface area contributed by atoms with Crippen LogP contribution in [0.5, 0.6) is 5.75 Å². The number of nitrogens with one attached hydrogen (secondary N) is 1. The third-order valence-electron chi connectivity index (χ3n) is 3.89. The minimum Gasteiger partial charge on any atom is -0.497 e. The second-order valence-electron chi connectivity index (χ2n) is 5.50. The maximum atomic E-state index is 12.3. The fourth-order valence-corrected chi connectivity index (χ4v) is 2.62. The molecule has 2 aromatic carbocycles. The summed E-state index contributed by atoms with van der Waals surface area (Å²) in [5, 5.41) is 3.95. The van der Waals surface area contributed by atoms with Crippen molar-refractivity contribution in [1.29, 1.82) is 0 Å². The Morgan fingerprint density at radius 2 is 2.00 bits per heavy atom. The van der Waals surface area contributed by atoms with Crippen molar-refractivity contribution in [2.75, 3.05) is 7.11 Å². The first-order valence-corrected chi connectivity index (χ1v) is 7.56. The highest BCUT2D eigenvalue weighted by atomic mass is 16.5. The van der Waals surface area contributed by atoms with Crippen molar-refractivity contribution >= 4 is 16.9 Å². The van der Waals surface area contributed by atoms with Gasteiger partial charge in [0.05, 0.1) is 25.8 Å². The number of rotatable bonds is 5. The summed E-state index contributed by atoms with van der Waals surface area (Å²) in [5.74, 6) is 0.709. The van der Waals surface area contributed by atoms with Crippen LogP contribution in [-0.4, -0.2) is 13.0 Å². The van der Waals surface area contributed by atoms with Crippen molar-refractivity contribution in [2.45, 2.75) is 19.4 Å². The fourth-order valence-electron chi connectivity index (χ4n) is 2.62. The van der Waals surface area contributed by atoms with Crippen LogP contribution in [0, 0.1) is 0 Å². The summed E-state index contributed by atoms with van der Waals surface area (Å²) in [6.07, 6.45) is 1.92. The lowest BCUT2D eigenvalue weighted by atomic mass is 10.1. The Bertz CT molecular complexity index is 808. The van der Waals surface area contributed by atoms with Gasteiger partial charge in [0, 0.05) is 17.0 Å². The Balaban J connectivity index is 1.71. The van der Waals surface area contributed by atoms with Gasteiger partial charge < -0.3 is 14.5 Å². The van der Waals surface area contributed by atoms with Gasteiger partial charge in [-0.25, -0.2) is 0 Å². The van der Waals surface area contributed by atoms with Gasteiger partial charge in [0.2, 0.25) is 5.91 Å². The van der Waals surface area contributed by atoms with Crippen molar-refractivity contribution in [3.8, 4) is 5.75 Å². The molecule has 0 aliphatic rings. The van der Waals surface area contributed by atoms with Gasteiger partial charge in [0.1, 0.15) is 11.3 Å². The van der Waals surface area contributed by atoms with E-state index >= 15 is 0 Å². The van der Waals surface area contributed by atoms with E-state index in [4.69, 9.17) is 9.15 Å². The fraction of sp³-hybridized carbons (Fsp3) is 0.211. The van der Waals surface area contributed by atoms with Gasteiger partial charge in [-0.15, -0.1) is 0 Å². The smallest absolute Gasteiger partial charge is 0.225 e. The van der Waals surface area contributed by atoms with Crippen LogP contribution in [0.1, 0.15) is 24.1 Å². The van der Waals surface area contributed by atoms with Crippen molar-refractivity contribution in [1.82, 2.24) is 5.32 Å². The predicted octanol–water partition coefficient (Wildman–Crippen LogP) is 3.86. The number of hydrogen-bond acceptors (Lipinski definition) is 3. The van der Waals surface area contributed by atoms with E-state index < -0.39 is 0 Å². The number of carbonyl (C=O) groups excluding carboxylic acids is 1. The quantitative estimate of drug-likeness (QED) is 0.778. The first kappa shape index (κ1) is 15.2. The van der Waals surface area contributed by atoms with Gasteiger partial charge in [0.15, 0.2) is 0 Å². The molecule has 3 rings (SSSR count). The zero-order valence-corrected chi connectivity index (χ0v) is 13.2. The normalized spacial score (nSPS) is 12.1. The first-order chi connectivity index (χ1) is 11.2. The maximum Gasteiger partial charge on any atom is 0.225 e. The van der Waals surface area contributed by atoms with Crippen molar-refractivity contribution in [3.63, 3.8) is 0 Å². The molecule has 4 heteroatoms. The van der Waals surface area contributed by atoms with E-state index in [1.807, 2.05) is 55.5 Å². The topological polar surface area (TPSA) is 51.5 Å². The van der Waals surface area contributed by atoms with Crippen LogP contribution in [0.15, 0.2) is 59.2 Å². The van der Waals surface area contributed by atoms with E-state index in [1.54, 1.807) is 13.4 Å². The third-order valence-corrected chi connectivity index (χ3v) is 3.89. The Kier molecular flexibility index (Phi) is 4.33. The average molecular weight is 309 g/mol. The third kappa shape index (κ3) is 3.37. The molecule has 0 saturated carbocycles. The molecule has 1 atom stereocenters. The van der Waals surface area contributed by atoms with Crippen LogP contribution in [0.4, 0.5) is 0 Å². The molecule has 1 N–H and O–H groups in total. The van der Waals surface area contributed by atoms with E-state index in [0.29, 0.717) is 0 Å². The number of benzene rings is 2. The Hall–Kier alpha value is -2.75. The number of fused-ring (bicyclic) bond motifs is 1. The number of hydrogen-bond donors (Lipinski definition) is 1. The lowest BCUT2D eigenvalue weighted by Crippen LogP contribution is -2.27. The van der Waals surface area contributed by atoms with E-state index in [1.165, 1.54) is 0 Å². The van der Waals surface area contributed by atoms with Crippen molar-refractivity contribution < 1.29 is 13.9 Å². The molecule has 1 amide bonds. The molecule has 1 aromatic heterocycles. The minimum atomic E-state index is -0.0279. The molecular formula is C19H19NO3. The van der Waals surface area contributed by atoms with Gasteiger partial charge in [-0.3, -0.25) is 4.79 Å². The molecular weight excluding hydrogens is 290 g/mol. The van der Waals surface area contributed by atoms with E-state index in [9.17, 15) is 4.79 Å². The van der Waals surface area contributed by atoms with Gasteiger partial charge in [0.25, 0.3) is 0 Å². The minimum absolute atomic E-state index is 0.0260. The number of ether oxygens (including phenoxy) is 1. The van der Waals surface area contributed by atoms with Crippen LogP contribution in [0.25, 0.3) is 11.0 Å². The van der Waals surface area contributed by atoms with Crippen molar-refractivity contribution in [3.05, 3.63) is 65.9 Å².